The molecule has 0 amide bonds. The van der Waals surface area contributed by atoms with Gasteiger partial charge in [-0.15, -0.1) is 0 Å². The molecular weight excluding hydrogens is 232 g/mol. The van der Waals surface area contributed by atoms with Crippen molar-refractivity contribution < 1.29 is 19.4 Å². The number of hydrogen-bond donors (Lipinski definition) is 1. The van der Waals surface area contributed by atoms with Crippen LogP contribution in [0.5, 0.6) is 11.5 Å². The van der Waals surface area contributed by atoms with E-state index in [1.54, 1.807) is 13.2 Å². The van der Waals surface area contributed by atoms with Crippen LogP contribution in [0.4, 0.5) is 0 Å². The Morgan fingerprint density at radius 1 is 1.39 bits per heavy atom. The van der Waals surface area contributed by atoms with E-state index < -0.39 is 5.97 Å². The molecule has 1 aromatic rings. The molecule has 2 rings (SSSR count). The molecule has 1 fully saturated rings. The summed E-state index contributed by atoms with van der Waals surface area (Å²) < 4.78 is 11.0. The summed E-state index contributed by atoms with van der Waals surface area (Å²) in [6.07, 6.45) is 6.30. The van der Waals surface area contributed by atoms with Crippen LogP contribution in [0.2, 0.25) is 0 Å². The molecule has 1 aliphatic rings. The number of carbonyl (C=O) groups is 1. The topological polar surface area (TPSA) is 55.8 Å². The Labute approximate surface area is 106 Å². The normalized spacial score (nSPS) is 15.4. The molecule has 1 N–H and O–H groups in total. The van der Waals surface area contributed by atoms with Gasteiger partial charge in [-0.25, -0.2) is 4.79 Å². The van der Waals surface area contributed by atoms with Crippen LogP contribution in [-0.4, -0.2) is 24.3 Å². The van der Waals surface area contributed by atoms with E-state index in [-0.39, 0.29) is 0 Å². The van der Waals surface area contributed by atoms with Crippen LogP contribution >= 0.6 is 0 Å². The maximum absolute atomic E-state index is 10.4. The highest BCUT2D eigenvalue weighted by Gasteiger charge is 2.20. The summed E-state index contributed by atoms with van der Waals surface area (Å²) >= 11 is 0. The van der Waals surface area contributed by atoms with Gasteiger partial charge in [0.2, 0.25) is 0 Å². The average molecular weight is 248 g/mol. The van der Waals surface area contributed by atoms with Gasteiger partial charge in [0.25, 0.3) is 0 Å². The van der Waals surface area contributed by atoms with Gasteiger partial charge >= 0.3 is 5.97 Å². The standard InChI is InChI=1S/C14H16O4/c1-17-13-9-10(6-8-14(15)16)5-7-12(13)18-11-3-2-4-11/h5-9,11H,2-4H2,1H3,(H,15,16)/b8-6+. The third-order valence-electron chi connectivity index (χ3n) is 2.95. The second-order valence-electron chi connectivity index (χ2n) is 4.25. The summed E-state index contributed by atoms with van der Waals surface area (Å²) in [4.78, 5) is 10.4. The molecule has 96 valence electrons. The van der Waals surface area contributed by atoms with E-state index in [1.165, 1.54) is 12.5 Å². The van der Waals surface area contributed by atoms with Gasteiger partial charge in [0.15, 0.2) is 11.5 Å². The summed E-state index contributed by atoms with van der Waals surface area (Å²) in [5.74, 6) is 0.382. The third kappa shape index (κ3) is 3.03. The molecule has 0 bridgehead atoms. The lowest BCUT2D eigenvalue weighted by atomic mass is 9.96. The maximum Gasteiger partial charge on any atom is 0.328 e. The predicted molar refractivity (Wildman–Crippen MR) is 67.9 cm³/mol. The fraction of sp³-hybridized carbons (Fsp3) is 0.357. The smallest absolute Gasteiger partial charge is 0.328 e. The zero-order chi connectivity index (χ0) is 13.0. The highest BCUT2D eigenvalue weighted by atomic mass is 16.5. The first kappa shape index (κ1) is 12.5. The van der Waals surface area contributed by atoms with Crippen LogP contribution in [0.1, 0.15) is 24.8 Å². The molecule has 0 atom stereocenters. The molecule has 0 radical (unpaired) electrons. The van der Waals surface area contributed by atoms with Crippen LogP contribution in [-0.2, 0) is 4.79 Å². The number of methoxy groups -OCH3 is 1. The minimum absolute atomic E-state index is 0.291. The summed E-state index contributed by atoms with van der Waals surface area (Å²) in [5.41, 5.74) is 0.773. The van der Waals surface area contributed by atoms with Gasteiger partial charge in [-0.3, -0.25) is 0 Å². The first-order valence-electron chi connectivity index (χ1n) is 5.95. The molecule has 1 saturated carbocycles. The van der Waals surface area contributed by atoms with Crippen LogP contribution in [0.3, 0.4) is 0 Å². The zero-order valence-electron chi connectivity index (χ0n) is 10.3. The molecule has 0 spiro atoms. The van der Waals surface area contributed by atoms with E-state index in [1.807, 2.05) is 12.1 Å². The third-order valence-corrected chi connectivity index (χ3v) is 2.95. The summed E-state index contributed by atoms with van der Waals surface area (Å²) in [5, 5.41) is 8.57. The second kappa shape index (κ2) is 5.58. The largest absolute Gasteiger partial charge is 0.493 e. The van der Waals surface area contributed by atoms with Crippen molar-refractivity contribution in [1.82, 2.24) is 0 Å². The number of rotatable bonds is 5. The summed E-state index contributed by atoms with van der Waals surface area (Å²) in [6, 6.07) is 5.40. The Morgan fingerprint density at radius 2 is 2.17 bits per heavy atom. The minimum atomic E-state index is -0.969. The number of ether oxygens (including phenoxy) is 2. The van der Waals surface area contributed by atoms with E-state index in [2.05, 4.69) is 0 Å². The Bertz CT molecular complexity index is 461. The number of benzene rings is 1. The molecule has 0 aliphatic heterocycles. The first-order valence-corrected chi connectivity index (χ1v) is 5.95. The second-order valence-corrected chi connectivity index (χ2v) is 4.25. The molecule has 0 saturated heterocycles. The molecule has 0 unspecified atom stereocenters. The maximum atomic E-state index is 10.4. The van der Waals surface area contributed by atoms with E-state index in [4.69, 9.17) is 14.6 Å². The fourth-order valence-corrected chi connectivity index (χ4v) is 1.72. The van der Waals surface area contributed by atoms with Crippen molar-refractivity contribution in [2.75, 3.05) is 7.11 Å². The Morgan fingerprint density at radius 3 is 2.72 bits per heavy atom. The summed E-state index contributed by atoms with van der Waals surface area (Å²) in [7, 11) is 1.58. The fourth-order valence-electron chi connectivity index (χ4n) is 1.72. The van der Waals surface area contributed by atoms with Crippen molar-refractivity contribution in [3.05, 3.63) is 29.8 Å². The number of hydrogen-bond acceptors (Lipinski definition) is 3. The van der Waals surface area contributed by atoms with Crippen molar-refractivity contribution in [2.45, 2.75) is 25.4 Å². The van der Waals surface area contributed by atoms with Crippen molar-refractivity contribution in [3.8, 4) is 11.5 Å². The quantitative estimate of drug-likeness (QED) is 0.814. The monoisotopic (exact) mass is 248 g/mol. The lowest BCUT2D eigenvalue weighted by Crippen LogP contribution is -2.24. The molecule has 4 nitrogen and oxygen atoms in total. The van der Waals surface area contributed by atoms with E-state index in [9.17, 15) is 4.79 Å². The van der Waals surface area contributed by atoms with Crippen LogP contribution < -0.4 is 9.47 Å². The molecule has 4 heteroatoms. The van der Waals surface area contributed by atoms with Crippen molar-refractivity contribution >= 4 is 12.0 Å². The summed E-state index contributed by atoms with van der Waals surface area (Å²) in [6.45, 7) is 0. The SMILES string of the molecule is COc1cc(/C=C/C(=O)O)ccc1OC1CCC1. The number of carboxylic acids is 1. The van der Waals surface area contributed by atoms with Gasteiger partial charge in [0, 0.05) is 6.08 Å². The molecular formula is C14H16O4. The highest BCUT2D eigenvalue weighted by Crippen LogP contribution is 2.33. The van der Waals surface area contributed by atoms with Gasteiger partial charge in [-0.05, 0) is 43.0 Å². The van der Waals surface area contributed by atoms with Crippen LogP contribution in [0.15, 0.2) is 24.3 Å². The Kier molecular flexibility index (Phi) is 3.87. The molecule has 1 aliphatic carbocycles. The van der Waals surface area contributed by atoms with Gasteiger partial charge in [-0.2, -0.15) is 0 Å². The van der Waals surface area contributed by atoms with E-state index in [0.717, 1.165) is 30.2 Å². The van der Waals surface area contributed by atoms with Crippen molar-refractivity contribution in [3.63, 3.8) is 0 Å². The van der Waals surface area contributed by atoms with Gasteiger partial charge in [0.1, 0.15) is 0 Å². The highest BCUT2D eigenvalue weighted by molar-refractivity contribution is 5.85. The molecule has 1 aromatic carbocycles. The van der Waals surface area contributed by atoms with Crippen LogP contribution in [0.25, 0.3) is 6.08 Å². The van der Waals surface area contributed by atoms with E-state index in [0.29, 0.717) is 11.9 Å². The van der Waals surface area contributed by atoms with E-state index >= 15 is 0 Å². The minimum Gasteiger partial charge on any atom is -0.493 e. The van der Waals surface area contributed by atoms with Crippen molar-refractivity contribution in [1.29, 1.82) is 0 Å². The lowest BCUT2D eigenvalue weighted by Gasteiger charge is -2.27. The molecule has 0 aromatic heterocycles. The zero-order valence-corrected chi connectivity index (χ0v) is 10.3. The predicted octanol–water partition coefficient (Wildman–Crippen LogP) is 2.72. The average Bonchev–Trinajstić information content (AvgIpc) is 2.31. The lowest BCUT2D eigenvalue weighted by molar-refractivity contribution is -0.131. The van der Waals surface area contributed by atoms with Gasteiger partial charge < -0.3 is 14.6 Å². The van der Waals surface area contributed by atoms with Crippen LogP contribution in [0, 0.1) is 0 Å². The first-order chi connectivity index (χ1) is 8.69. The Balaban J connectivity index is 2.13. The van der Waals surface area contributed by atoms with Gasteiger partial charge in [0.05, 0.1) is 13.2 Å². The Hall–Kier alpha value is -1.97. The number of aliphatic carboxylic acids is 1. The van der Waals surface area contributed by atoms with Gasteiger partial charge in [-0.1, -0.05) is 6.07 Å². The molecule has 0 heterocycles. The van der Waals surface area contributed by atoms with Crippen molar-refractivity contribution in [2.24, 2.45) is 0 Å². The number of carboxylic acid groups (broad SMARTS) is 1. The molecule has 18 heavy (non-hydrogen) atoms.